The highest BCUT2D eigenvalue weighted by Crippen LogP contribution is 2.13. The van der Waals surface area contributed by atoms with Gasteiger partial charge >= 0.3 is 5.97 Å². The van der Waals surface area contributed by atoms with Gasteiger partial charge in [0.2, 0.25) is 0 Å². The summed E-state index contributed by atoms with van der Waals surface area (Å²) in [5.41, 5.74) is -2.07. The second-order valence-corrected chi connectivity index (χ2v) is 4.45. The van der Waals surface area contributed by atoms with Gasteiger partial charge in [0.1, 0.15) is 0 Å². The van der Waals surface area contributed by atoms with Crippen LogP contribution in [0.25, 0.3) is 0 Å². The standard InChI is InChI=1S/C9H19NO4/c1-8(2,7(12)13)4-10-5-9(3,14)6-11/h10-11,14H,4-6H2,1-3H3,(H,12,13). The minimum absolute atomic E-state index is 0.167. The minimum Gasteiger partial charge on any atom is -0.481 e. The van der Waals surface area contributed by atoms with Crippen molar-refractivity contribution in [1.82, 2.24) is 5.32 Å². The first-order valence-corrected chi connectivity index (χ1v) is 4.49. The molecule has 0 aliphatic heterocycles. The molecule has 84 valence electrons. The normalized spacial score (nSPS) is 16.4. The lowest BCUT2D eigenvalue weighted by Crippen LogP contribution is -2.45. The molecule has 0 aliphatic rings. The number of aliphatic carboxylic acids is 1. The van der Waals surface area contributed by atoms with Crippen molar-refractivity contribution >= 4 is 5.97 Å². The van der Waals surface area contributed by atoms with Crippen LogP contribution >= 0.6 is 0 Å². The van der Waals surface area contributed by atoms with Crippen LogP contribution in [0.5, 0.6) is 0 Å². The van der Waals surface area contributed by atoms with Gasteiger partial charge in [-0.05, 0) is 20.8 Å². The van der Waals surface area contributed by atoms with E-state index < -0.39 is 17.0 Å². The van der Waals surface area contributed by atoms with Crippen LogP contribution < -0.4 is 5.32 Å². The molecule has 0 aliphatic carbocycles. The van der Waals surface area contributed by atoms with Gasteiger partial charge in [0.05, 0.1) is 17.6 Å². The first-order chi connectivity index (χ1) is 6.21. The SMILES string of the molecule is CC(O)(CO)CNCC(C)(C)C(=O)O. The molecule has 0 heterocycles. The molecule has 1 unspecified atom stereocenters. The molecule has 4 N–H and O–H groups in total. The van der Waals surface area contributed by atoms with Gasteiger partial charge in [0.25, 0.3) is 0 Å². The largest absolute Gasteiger partial charge is 0.481 e. The van der Waals surface area contributed by atoms with Gasteiger partial charge in [-0.25, -0.2) is 0 Å². The predicted octanol–water partition coefficient (Wildman–Crippen LogP) is -0.570. The molecular weight excluding hydrogens is 186 g/mol. The first-order valence-electron chi connectivity index (χ1n) is 4.49. The Morgan fingerprint density at radius 2 is 1.79 bits per heavy atom. The molecule has 0 saturated heterocycles. The topological polar surface area (TPSA) is 89.8 Å². The average Bonchev–Trinajstić information content (AvgIpc) is 2.03. The zero-order chi connectivity index (χ0) is 11.4. The smallest absolute Gasteiger partial charge is 0.310 e. The zero-order valence-electron chi connectivity index (χ0n) is 8.87. The van der Waals surface area contributed by atoms with Crippen LogP contribution in [0.2, 0.25) is 0 Å². The van der Waals surface area contributed by atoms with Crippen LogP contribution in [-0.2, 0) is 4.79 Å². The van der Waals surface area contributed by atoms with Gasteiger partial charge in [-0.15, -0.1) is 0 Å². The predicted molar refractivity (Wildman–Crippen MR) is 52.0 cm³/mol. The van der Waals surface area contributed by atoms with Crippen molar-refractivity contribution in [2.75, 3.05) is 19.7 Å². The Balaban J connectivity index is 3.91. The lowest BCUT2D eigenvalue weighted by molar-refractivity contribution is -0.146. The van der Waals surface area contributed by atoms with E-state index in [1.54, 1.807) is 13.8 Å². The van der Waals surface area contributed by atoms with Gasteiger partial charge in [-0.2, -0.15) is 0 Å². The summed E-state index contributed by atoms with van der Waals surface area (Å²) in [5.74, 6) is -0.895. The second kappa shape index (κ2) is 4.72. The highest BCUT2D eigenvalue weighted by molar-refractivity contribution is 5.73. The summed E-state index contributed by atoms with van der Waals surface area (Å²) < 4.78 is 0. The summed E-state index contributed by atoms with van der Waals surface area (Å²) in [5, 5.41) is 29.7. The third kappa shape index (κ3) is 4.55. The summed E-state index contributed by atoms with van der Waals surface area (Å²) in [7, 11) is 0. The summed E-state index contributed by atoms with van der Waals surface area (Å²) in [4.78, 5) is 10.7. The van der Waals surface area contributed by atoms with E-state index in [1.807, 2.05) is 0 Å². The Bertz CT molecular complexity index is 201. The number of hydrogen-bond acceptors (Lipinski definition) is 4. The fraction of sp³-hybridized carbons (Fsp3) is 0.889. The van der Waals surface area contributed by atoms with E-state index in [1.165, 1.54) is 6.92 Å². The number of hydrogen-bond donors (Lipinski definition) is 4. The maximum Gasteiger partial charge on any atom is 0.310 e. The molecule has 0 rings (SSSR count). The molecule has 0 spiro atoms. The molecule has 0 aromatic heterocycles. The molecule has 0 amide bonds. The van der Waals surface area contributed by atoms with Crippen LogP contribution in [0.4, 0.5) is 0 Å². The third-order valence-electron chi connectivity index (χ3n) is 1.99. The molecular formula is C9H19NO4. The second-order valence-electron chi connectivity index (χ2n) is 4.45. The lowest BCUT2D eigenvalue weighted by atomic mass is 9.93. The average molecular weight is 205 g/mol. The van der Waals surface area contributed by atoms with Gasteiger partial charge in [-0.1, -0.05) is 0 Å². The van der Waals surface area contributed by atoms with Crippen molar-refractivity contribution in [3.8, 4) is 0 Å². The Labute approximate surface area is 83.8 Å². The maximum atomic E-state index is 10.7. The first kappa shape index (κ1) is 13.4. The van der Waals surface area contributed by atoms with Crippen molar-refractivity contribution in [3.63, 3.8) is 0 Å². The lowest BCUT2D eigenvalue weighted by Gasteiger charge is -2.24. The summed E-state index contributed by atoms with van der Waals surface area (Å²) >= 11 is 0. The van der Waals surface area contributed by atoms with E-state index in [0.717, 1.165) is 0 Å². The molecule has 0 radical (unpaired) electrons. The number of aliphatic hydroxyl groups excluding tert-OH is 1. The fourth-order valence-electron chi connectivity index (χ4n) is 0.776. The molecule has 5 heteroatoms. The maximum absolute atomic E-state index is 10.7. The number of nitrogens with one attached hydrogen (secondary N) is 1. The van der Waals surface area contributed by atoms with Gasteiger partial charge in [-0.3, -0.25) is 4.79 Å². The molecule has 5 nitrogen and oxygen atoms in total. The summed E-state index contributed by atoms with van der Waals surface area (Å²) in [6.07, 6.45) is 0. The van der Waals surface area contributed by atoms with Crippen LogP contribution in [0.3, 0.4) is 0 Å². The van der Waals surface area contributed by atoms with Crippen molar-refractivity contribution in [2.24, 2.45) is 5.41 Å². The molecule has 0 saturated carbocycles. The van der Waals surface area contributed by atoms with Crippen LogP contribution in [0.1, 0.15) is 20.8 Å². The number of carboxylic acids is 1. The van der Waals surface area contributed by atoms with Crippen molar-refractivity contribution in [2.45, 2.75) is 26.4 Å². The van der Waals surface area contributed by atoms with E-state index in [-0.39, 0.29) is 19.7 Å². The van der Waals surface area contributed by atoms with E-state index in [9.17, 15) is 9.90 Å². The Kier molecular flexibility index (Phi) is 4.51. The van der Waals surface area contributed by atoms with Gasteiger partial charge < -0.3 is 20.6 Å². The summed E-state index contributed by atoms with van der Waals surface area (Å²) in [6, 6.07) is 0. The number of aliphatic hydroxyl groups is 2. The molecule has 0 aromatic rings. The highest BCUT2D eigenvalue weighted by atomic mass is 16.4. The Morgan fingerprint density at radius 1 is 1.29 bits per heavy atom. The Hall–Kier alpha value is -0.650. The molecule has 1 atom stereocenters. The number of carboxylic acid groups (broad SMARTS) is 1. The fourth-order valence-corrected chi connectivity index (χ4v) is 0.776. The quantitative estimate of drug-likeness (QED) is 0.466. The third-order valence-corrected chi connectivity index (χ3v) is 1.99. The van der Waals surface area contributed by atoms with E-state index in [4.69, 9.17) is 10.2 Å². The van der Waals surface area contributed by atoms with E-state index in [0.29, 0.717) is 0 Å². The minimum atomic E-state index is -1.20. The zero-order valence-corrected chi connectivity index (χ0v) is 8.87. The van der Waals surface area contributed by atoms with E-state index in [2.05, 4.69) is 5.32 Å². The van der Waals surface area contributed by atoms with Crippen molar-refractivity contribution < 1.29 is 20.1 Å². The van der Waals surface area contributed by atoms with Crippen LogP contribution in [0.15, 0.2) is 0 Å². The van der Waals surface area contributed by atoms with Gasteiger partial charge in [0, 0.05) is 13.1 Å². The monoisotopic (exact) mass is 205 g/mol. The van der Waals surface area contributed by atoms with E-state index >= 15 is 0 Å². The van der Waals surface area contributed by atoms with Gasteiger partial charge in [0.15, 0.2) is 0 Å². The Morgan fingerprint density at radius 3 is 2.14 bits per heavy atom. The molecule has 14 heavy (non-hydrogen) atoms. The van der Waals surface area contributed by atoms with Crippen LogP contribution in [-0.4, -0.2) is 46.6 Å². The molecule has 0 aromatic carbocycles. The highest BCUT2D eigenvalue weighted by Gasteiger charge is 2.28. The molecule has 0 fully saturated rings. The number of rotatable bonds is 6. The number of carbonyl (C=O) groups is 1. The van der Waals surface area contributed by atoms with Crippen LogP contribution in [0, 0.1) is 5.41 Å². The summed E-state index contributed by atoms with van der Waals surface area (Å²) in [6.45, 7) is 4.73. The van der Waals surface area contributed by atoms with Crippen molar-refractivity contribution in [3.05, 3.63) is 0 Å². The molecule has 0 bridgehead atoms. The van der Waals surface area contributed by atoms with Crippen molar-refractivity contribution in [1.29, 1.82) is 0 Å².